The zero-order valence-electron chi connectivity index (χ0n) is 30.3. The van der Waals surface area contributed by atoms with Gasteiger partial charge in [0.05, 0.1) is 42.8 Å². The zero-order valence-corrected chi connectivity index (χ0v) is 30.3. The number of carbonyl (C=O) groups excluding carboxylic acids is 1. The number of aliphatic hydroxyl groups is 1. The van der Waals surface area contributed by atoms with Gasteiger partial charge in [0.25, 0.3) is 0 Å². The number of aliphatic hydroxyl groups excluding tert-OH is 1. The Morgan fingerprint density at radius 3 is 2.61 bits per heavy atom. The van der Waals surface area contributed by atoms with Crippen molar-refractivity contribution in [3.8, 4) is 11.5 Å². The van der Waals surface area contributed by atoms with Gasteiger partial charge in [0.2, 0.25) is 5.91 Å². The van der Waals surface area contributed by atoms with Crippen LogP contribution >= 0.6 is 0 Å². The van der Waals surface area contributed by atoms with Crippen LogP contribution in [0.15, 0.2) is 42.5 Å². The van der Waals surface area contributed by atoms with Crippen molar-refractivity contribution in [2.75, 3.05) is 58.6 Å². The standard InChI is InChI=1S/C34H50N8O12/c1-49-15-4-13-39-14-16-51-31-12-7-23(17-29(31)39)21-52-32-20-40(33(44)6-3-5-27(54-42(47)48)22-53-41(45)46)25(19-30(43)34-35-37-38-36-34)18-28(32)24-8-10-26(50-2)11-9-24/h7-12,17,25,27-28,30,32,43,45-48H,3-6,13-16,18-22H2,1-2H3,(H,35,36,37,38). The van der Waals surface area contributed by atoms with Crippen molar-refractivity contribution in [2.24, 2.45) is 0 Å². The van der Waals surface area contributed by atoms with Crippen molar-refractivity contribution < 1.29 is 59.4 Å². The van der Waals surface area contributed by atoms with Gasteiger partial charge in [-0.1, -0.05) is 18.2 Å². The molecule has 5 rings (SSSR count). The second-order valence-electron chi connectivity index (χ2n) is 13.1. The molecule has 1 saturated heterocycles. The normalized spacial score (nSPS) is 19.8. The van der Waals surface area contributed by atoms with Gasteiger partial charge in [0.1, 0.15) is 36.9 Å². The van der Waals surface area contributed by atoms with E-state index in [2.05, 4.69) is 36.4 Å². The number of rotatable bonds is 21. The van der Waals surface area contributed by atoms with E-state index < -0.39 is 41.7 Å². The number of aromatic amines is 1. The van der Waals surface area contributed by atoms with Gasteiger partial charge in [0.15, 0.2) is 5.82 Å². The van der Waals surface area contributed by atoms with E-state index in [1.807, 2.05) is 36.4 Å². The fourth-order valence-corrected chi connectivity index (χ4v) is 6.94. The van der Waals surface area contributed by atoms with Crippen LogP contribution in [0.2, 0.25) is 0 Å². The molecule has 0 saturated carbocycles. The van der Waals surface area contributed by atoms with Crippen LogP contribution in [0.3, 0.4) is 0 Å². The molecule has 0 aliphatic carbocycles. The first-order valence-electron chi connectivity index (χ1n) is 17.8. The van der Waals surface area contributed by atoms with E-state index in [4.69, 9.17) is 44.6 Å². The van der Waals surface area contributed by atoms with E-state index in [1.54, 1.807) is 19.1 Å². The van der Waals surface area contributed by atoms with Gasteiger partial charge in [-0.05, 0) is 71.5 Å². The highest BCUT2D eigenvalue weighted by Crippen LogP contribution is 2.39. The topological polar surface area (TPSA) is 241 Å². The lowest BCUT2D eigenvalue weighted by Crippen LogP contribution is -2.53. The number of nitrogens with one attached hydrogen (secondary N) is 1. The summed E-state index contributed by atoms with van der Waals surface area (Å²) in [6, 6.07) is 13.3. The molecule has 0 bridgehead atoms. The van der Waals surface area contributed by atoms with Crippen LogP contribution < -0.4 is 14.4 Å². The predicted octanol–water partition coefficient (Wildman–Crippen LogP) is 2.40. The maximum Gasteiger partial charge on any atom is 0.222 e. The summed E-state index contributed by atoms with van der Waals surface area (Å²) >= 11 is 0. The number of benzene rings is 2. The van der Waals surface area contributed by atoms with E-state index in [0.29, 0.717) is 25.4 Å². The summed E-state index contributed by atoms with van der Waals surface area (Å²) in [5.74, 6) is 1.27. The molecule has 0 radical (unpaired) electrons. The fraction of sp³-hybridized carbons (Fsp3) is 0.588. The molecule has 2 aliphatic rings. The van der Waals surface area contributed by atoms with Crippen LogP contribution in [0.1, 0.15) is 67.5 Å². The van der Waals surface area contributed by atoms with Gasteiger partial charge >= 0.3 is 0 Å². The monoisotopic (exact) mass is 762 g/mol. The predicted molar refractivity (Wildman–Crippen MR) is 184 cm³/mol. The fourth-order valence-electron chi connectivity index (χ4n) is 6.94. The molecule has 1 fully saturated rings. The van der Waals surface area contributed by atoms with E-state index in [9.17, 15) is 9.90 Å². The third-order valence-electron chi connectivity index (χ3n) is 9.59. The molecule has 0 spiro atoms. The smallest absolute Gasteiger partial charge is 0.222 e. The third kappa shape index (κ3) is 11.7. The summed E-state index contributed by atoms with van der Waals surface area (Å²) < 4.78 is 23.3. The van der Waals surface area contributed by atoms with E-state index in [-0.39, 0.29) is 56.5 Å². The van der Waals surface area contributed by atoms with Crippen LogP contribution in [0.4, 0.5) is 5.69 Å². The van der Waals surface area contributed by atoms with Gasteiger partial charge in [0, 0.05) is 51.6 Å². The summed E-state index contributed by atoms with van der Waals surface area (Å²) in [7, 11) is 3.29. The van der Waals surface area contributed by atoms with Crippen LogP contribution in [-0.4, -0.2) is 140 Å². The van der Waals surface area contributed by atoms with E-state index in [1.165, 1.54) is 0 Å². The van der Waals surface area contributed by atoms with Crippen LogP contribution in [0, 0.1) is 0 Å². The third-order valence-corrected chi connectivity index (χ3v) is 9.59. The number of hydrogen-bond acceptors (Lipinski definition) is 18. The number of likely N-dealkylation sites (tertiary alicyclic amines) is 1. The van der Waals surface area contributed by atoms with Crippen LogP contribution in [-0.2, 0) is 30.6 Å². The molecular formula is C34H50N8O12. The number of piperidine rings is 1. The Balaban J connectivity index is 1.36. The Labute approximate surface area is 312 Å². The quantitative estimate of drug-likeness (QED) is 0.0674. The number of H-pyrrole nitrogens is 1. The summed E-state index contributed by atoms with van der Waals surface area (Å²) in [4.78, 5) is 27.4. The van der Waals surface area contributed by atoms with Gasteiger partial charge in [-0.15, -0.1) is 5.10 Å². The number of amides is 1. The van der Waals surface area contributed by atoms with Crippen LogP contribution in [0.5, 0.6) is 11.5 Å². The number of carbonyl (C=O) groups is 1. The lowest BCUT2D eigenvalue weighted by Gasteiger charge is -2.45. The summed E-state index contributed by atoms with van der Waals surface area (Å²) in [6.45, 7) is 2.85. The molecule has 5 atom stereocenters. The first-order chi connectivity index (χ1) is 26.1. The molecule has 20 nitrogen and oxygen atoms in total. The molecule has 3 heterocycles. The Morgan fingerprint density at radius 2 is 1.91 bits per heavy atom. The molecule has 5 unspecified atom stereocenters. The summed E-state index contributed by atoms with van der Waals surface area (Å²) in [5, 5.41) is 59.8. The molecule has 2 aliphatic heterocycles. The lowest BCUT2D eigenvalue weighted by molar-refractivity contribution is -0.527. The van der Waals surface area contributed by atoms with Gasteiger partial charge in [-0.3, -0.25) is 25.6 Å². The van der Waals surface area contributed by atoms with Crippen molar-refractivity contribution >= 4 is 11.6 Å². The van der Waals surface area contributed by atoms with E-state index in [0.717, 1.165) is 42.1 Å². The van der Waals surface area contributed by atoms with Crippen molar-refractivity contribution in [3.05, 3.63) is 59.4 Å². The maximum absolute atomic E-state index is 14.0. The largest absolute Gasteiger partial charge is 0.497 e. The van der Waals surface area contributed by atoms with E-state index >= 15 is 0 Å². The first-order valence-corrected chi connectivity index (χ1v) is 17.8. The molecule has 6 N–H and O–H groups in total. The minimum absolute atomic E-state index is 0.0127. The Kier molecular flexibility index (Phi) is 15.7. The molecule has 54 heavy (non-hydrogen) atoms. The summed E-state index contributed by atoms with van der Waals surface area (Å²) in [5.41, 5.74) is 2.92. The minimum Gasteiger partial charge on any atom is -0.497 e. The average Bonchev–Trinajstić information content (AvgIpc) is 3.72. The molecule has 1 aromatic heterocycles. The highest BCUT2D eigenvalue weighted by atomic mass is 17.1. The summed E-state index contributed by atoms with van der Waals surface area (Å²) in [6.07, 6.45) is -0.816. The van der Waals surface area contributed by atoms with Crippen molar-refractivity contribution in [1.29, 1.82) is 0 Å². The zero-order chi connectivity index (χ0) is 38.5. The van der Waals surface area contributed by atoms with Gasteiger partial charge in [-0.2, -0.15) is 0 Å². The Bertz CT molecular complexity index is 1550. The highest BCUT2D eigenvalue weighted by molar-refractivity contribution is 5.76. The Hall–Kier alpha value is -4.06. The molecule has 2 aromatic carbocycles. The number of tetrazole rings is 1. The number of nitrogens with zero attached hydrogens (tertiary/aromatic N) is 7. The number of fused-ring (bicyclic) bond motifs is 1. The highest BCUT2D eigenvalue weighted by Gasteiger charge is 2.40. The number of methoxy groups -OCH3 is 2. The molecular weight excluding hydrogens is 712 g/mol. The number of hydrogen-bond donors (Lipinski definition) is 6. The van der Waals surface area contributed by atoms with Crippen molar-refractivity contribution in [1.82, 2.24) is 36.3 Å². The van der Waals surface area contributed by atoms with Crippen molar-refractivity contribution in [2.45, 2.75) is 75.4 Å². The average molecular weight is 763 g/mol. The van der Waals surface area contributed by atoms with Gasteiger partial charge in [-0.25, -0.2) is 14.8 Å². The number of aromatic nitrogens is 4. The first kappa shape index (κ1) is 41.1. The minimum atomic E-state index is -1.09. The van der Waals surface area contributed by atoms with Crippen molar-refractivity contribution in [3.63, 3.8) is 0 Å². The number of ether oxygens (including phenoxy) is 4. The maximum atomic E-state index is 14.0. The Morgan fingerprint density at radius 1 is 1.09 bits per heavy atom. The SMILES string of the molecule is COCCCN1CCOc2ccc(COC3CN(C(=O)CCCC(CON(O)O)ON(O)O)C(CC(O)c4nnn[nH]4)CC3c3ccc(OC)cc3)cc21. The molecule has 20 heteroatoms. The molecule has 298 valence electrons. The molecule has 3 aromatic rings. The molecule has 1 amide bonds. The second-order valence-corrected chi connectivity index (χ2v) is 13.1. The second kappa shape index (κ2) is 20.6. The van der Waals surface area contributed by atoms with Crippen LogP contribution in [0.25, 0.3) is 0 Å². The number of anilines is 1. The van der Waals surface area contributed by atoms with Gasteiger partial charge < -0.3 is 33.9 Å². The lowest BCUT2D eigenvalue weighted by atomic mass is 9.81.